The Morgan fingerprint density at radius 3 is 1.95 bits per heavy atom. The van der Waals surface area contributed by atoms with E-state index >= 15 is 0 Å². The van der Waals surface area contributed by atoms with Crippen molar-refractivity contribution in [3.63, 3.8) is 0 Å². The zero-order valence-electron chi connectivity index (χ0n) is 10.9. The predicted molar refractivity (Wildman–Crippen MR) is 77.6 cm³/mol. The first kappa shape index (κ1) is 13.7. The molecule has 2 rings (SSSR count). The van der Waals surface area contributed by atoms with Crippen LogP contribution in [0.4, 0.5) is 0 Å². The first-order valence-corrected chi connectivity index (χ1v) is 6.54. The second kappa shape index (κ2) is 7.04. The minimum absolute atomic E-state index is 0.146. The van der Waals surface area contributed by atoms with Gasteiger partial charge in [-0.25, -0.2) is 0 Å². The largest absolute Gasteiger partial charge is 0.386 e. The molecule has 3 heteroatoms. The van der Waals surface area contributed by atoms with Crippen molar-refractivity contribution in [1.82, 2.24) is 5.32 Å². The second-order valence-corrected chi connectivity index (χ2v) is 4.49. The fourth-order valence-corrected chi connectivity index (χ4v) is 2.15. The van der Waals surface area contributed by atoms with Gasteiger partial charge in [0, 0.05) is 13.1 Å². The molecule has 0 radical (unpaired) electrons. The van der Waals surface area contributed by atoms with Gasteiger partial charge < -0.3 is 16.2 Å². The molecule has 0 amide bonds. The maximum Gasteiger partial charge on any atom is 0.0984 e. The molecule has 2 aromatic carbocycles. The SMILES string of the molecule is NCCN[C@@H](c1ccccc1)[C@H](O)c1ccccc1. The van der Waals surface area contributed by atoms with Crippen LogP contribution in [-0.4, -0.2) is 18.2 Å². The summed E-state index contributed by atoms with van der Waals surface area (Å²) < 4.78 is 0. The van der Waals surface area contributed by atoms with E-state index in [1.54, 1.807) is 0 Å². The fraction of sp³-hybridized carbons (Fsp3) is 0.250. The molecule has 0 aliphatic rings. The van der Waals surface area contributed by atoms with Crippen molar-refractivity contribution >= 4 is 0 Å². The highest BCUT2D eigenvalue weighted by Crippen LogP contribution is 2.28. The van der Waals surface area contributed by atoms with E-state index in [0.29, 0.717) is 13.1 Å². The predicted octanol–water partition coefficient (Wildman–Crippen LogP) is 2.01. The molecular weight excluding hydrogens is 236 g/mol. The molecule has 0 saturated carbocycles. The van der Waals surface area contributed by atoms with Gasteiger partial charge in [-0.05, 0) is 11.1 Å². The summed E-state index contributed by atoms with van der Waals surface area (Å²) in [5.41, 5.74) is 7.52. The molecule has 2 atom stereocenters. The summed E-state index contributed by atoms with van der Waals surface area (Å²) in [6.07, 6.45) is -0.588. The molecule has 0 bridgehead atoms. The third-order valence-corrected chi connectivity index (χ3v) is 3.12. The number of aliphatic hydroxyl groups is 1. The van der Waals surface area contributed by atoms with Crippen LogP contribution in [0.15, 0.2) is 60.7 Å². The van der Waals surface area contributed by atoms with Gasteiger partial charge >= 0.3 is 0 Å². The van der Waals surface area contributed by atoms with E-state index in [9.17, 15) is 5.11 Å². The summed E-state index contributed by atoms with van der Waals surface area (Å²) >= 11 is 0. The molecule has 100 valence electrons. The van der Waals surface area contributed by atoms with E-state index in [4.69, 9.17) is 5.73 Å². The van der Waals surface area contributed by atoms with Crippen molar-refractivity contribution < 1.29 is 5.11 Å². The van der Waals surface area contributed by atoms with E-state index in [0.717, 1.165) is 11.1 Å². The molecule has 0 unspecified atom stereocenters. The van der Waals surface area contributed by atoms with Gasteiger partial charge in [-0.2, -0.15) is 0 Å². The van der Waals surface area contributed by atoms with Gasteiger partial charge in [-0.3, -0.25) is 0 Å². The third-order valence-electron chi connectivity index (χ3n) is 3.12. The highest BCUT2D eigenvalue weighted by Gasteiger charge is 2.21. The van der Waals surface area contributed by atoms with E-state index in [1.165, 1.54) is 0 Å². The van der Waals surface area contributed by atoms with Crippen LogP contribution < -0.4 is 11.1 Å². The number of nitrogens with two attached hydrogens (primary N) is 1. The first-order chi connectivity index (χ1) is 9.33. The zero-order chi connectivity index (χ0) is 13.5. The van der Waals surface area contributed by atoms with Crippen LogP contribution in [0.5, 0.6) is 0 Å². The van der Waals surface area contributed by atoms with Gasteiger partial charge in [-0.1, -0.05) is 60.7 Å². The quantitative estimate of drug-likeness (QED) is 0.741. The van der Waals surface area contributed by atoms with Crippen LogP contribution in [-0.2, 0) is 0 Å². The van der Waals surface area contributed by atoms with E-state index in [-0.39, 0.29) is 6.04 Å². The molecule has 0 aromatic heterocycles. The number of aliphatic hydroxyl groups excluding tert-OH is 1. The Kier molecular flexibility index (Phi) is 5.10. The van der Waals surface area contributed by atoms with E-state index in [2.05, 4.69) is 5.32 Å². The molecule has 0 heterocycles. The minimum Gasteiger partial charge on any atom is -0.386 e. The maximum atomic E-state index is 10.6. The Morgan fingerprint density at radius 1 is 0.895 bits per heavy atom. The highest BCUT2D eigenvalue weighted by molar-refractivity contribution is 5.26. The smallest absolute Gasteiger partial charge is 0.0984 e. The maximum absolute atomic E-state index is 10.6. The van der Waals surface area contributed by atoms with Gasteiger partial charge in [0.1, 0.15) is 0 Å². The molecule has 3 nitrogen and oxygen atoms in total. The Bertz CT molecular complexity index is 473. The number of hydrogen-bond donors (Lipinski definition) is 3. The standard InChI is InChI=1S/C16H20N2O/c17-11-12-18-15(13-7-3-1-4-8-13)16(19)14-9-5-2-6-10-14/h1-10,15-16,18-19H,11-12,17H2/t15-,16+/m0/s1. The normalized spacial score (nSPS) is 14.0. The Balaban J connectivity index is 2.22. The van der Waals surface area contributed by atoms with Crippen LogP contribution in [0, 0.1) is 0 Å². The molecule has 0 saturated heterocycles. The Morgan fingerprint density at radius 2 is 1.42 bits per heavy atom. The van der Waals surface area contributed by atoms with Crippen molar-refractivity contribution in [1.29, 1.82) is 0 Å². The van der Waals surface area contributed by atoms with Crippen LogP contribution in [0.2, 0.25) is 0 Å². The molecule has 2 aromatic rings. The van der Waals surface area contributed by atoms with E-state index < -0.39 is 6.10 Å². The molecule has 0 aliphatic heterocycles. The van der Waals surface area contributed by atoms with Crippen LogP contribution >= 0.6 is 0 Å². The lowest BCUT2D eigenvalue weighted by Gasteiger charge is -2.25. The van der Waals surface area contributed by atoms with Crippen molar-refractivity contribution in [2.75, 3.05) is 13.1 Å². The van der Waals surface area contributed by atoms with Gasteiger partial charge in [0.15, 0.2) is 0 Å². The van der Waals surface area contributed by atoms with Crippen LogP contribution in [0.3, 0.4) is 0 Å². The summed E-state index contributed by atoms with van der Waals surface area (Å²) in [5.74, 6) is 0. The van der Waals surface area contributed by atoms with Gasteiger partial charge in [-0.15, -0.1) is 0 Å². The van der Waals surface area contributed by atoms with Crippen molar-refractivity contribution in [3.05, 3.63) is 71.8 Å². The Labute approximate surface area is 114 Å². The molecular formula is C16H20N2O. The number of rotatable bonds is 6. The summed E-state index contributed by atoms with van der Waals surface area (Å²) in [6.45, 7) is 1.22. The summed E-state index contributed by atoms with van der Waals surface area (Å²) in [4.78, 5) is 0. The number of benzene rings is 2. The minimum atomic E-state index is -0.588. The molecule has 4 N–H and O–H groups in total. The second-order valence-electron chi connectivity index (χ2n) is 4.49. The highest BCUT2D eigenvalue weighted by atomic mass is 16.3. The summed E-state index contributed by atoms with van der Waals surface area (Å²) in [6, 6.07) is 19.5. The number of hydrogen-bond acceptors (Lipinski definition) is 3. The topological polar surface area (TPSA) is 58.3 Å². The molecule has 19 heavy (non-hydrogen) atoms. The third kappa shape index (κ3) is 3.64. The monoisotopic (exact) mass is 256 g/mol. The van der Waals surface area contributed by atoms with Gasteiger partial charge in [0.2, 0.25) is 0 Å². The van der Waals surface area contributed by atoms with Crippen molar-refractivity contribution in [2.45, 2.75) is 12.1 Å². The van der Waals surface area contributed by atoms with Crippen molar-refractivity contribution in [3.8, 4) is 0 Å². The number of nitrogens with one attached hydrogen (secondary N) is 1. The van der Waals surface area contributed by atoms with Crippen LogP contribution in [0.1, 0.15) is 23.3 Å². The summed E-state index contributed by atoms with van der Waals surface area (Å²) in [7, 11) is 0. The van der Waals surface area contributed by atoms with E-state index in [1.807, 2.05) is 60.7 Å². The lowest BCUT2D eigenvalue weighted by molar-refractivity contribution is 0.129. The Hall–Kier alpha value is -1.68. The summed E-state index contributed by atoms with van der Waals surface area (Å²) in [5, 5.41) is 13.9. The fourth-order valence-electron chi connectivity index (χ4n) is 2.15. The lowest BCUT2D eigenvalue weighted by atomic mass is 9.96. The molecule has 0 fully saturated rings. The average Bonchev–Trinajstić information content (AvgIpc) is 2.49. The lowest BCUT2D eigenvalue weighted by Crippen LogP contribution is -2.31. The molecule has 0 spiro atoms. The zero-order valence-corrected chi connectivity index (χ0v) is 10.9. The van der Waals surface area contributed by atoms with Gasteiger partial charge in [0.05, 0.1) is 12.1 Å². The van der Waals surface area contributed by atoms with Crippen molar-refractivity contribution in [2.24, 2.45) is 5.73 Å². The van der Waals surface area contributed by atoms with Crippen LogP contribution in [0.25, 0.3) is 0 Å². The molecule has 0 aliphatic carbocycles. The average molecular weight is 256 g/mol. The first-order valence-electron chi connectivity index (χ1n) is 6.54. The van der Waals surface area contributed by atoms with Gasteiger partial charge in [0.25, 0.3) is 0 Å².